The molecule has 0 bridgehead atoms. The van der Waals surface area contributed by atoms with Gasteiger partial charge in [-0.05, 0) is 13.8 Å². The van der Waals surface area contributed by atoms with Gasteiger partial charge in [0.25, 0.3) is 0 Å². The molecule has 2 rings (SSSR count). The van der Waals surface area contributed by atoms with Crippen LogP contribution in [0, 0.1) is 10.1 Å². The molecule has 21 heavy (non-hydrogen) atoms. The molecule has 1 aliphatic heterocycles. The molecule has 1 saturated heterocycles. The number of aliphatic hydroxyl groups is 1. The van der Waals surface area contributed by atoms with Crippen molar-refractivity contribution < 1.29 is 19.6 Å². The summed E-state index contributed by atoms with van der Waals surface area (Å²) in [6.07, 6.45) is 1.89. The van der Waals surface area contributed by atoms with Crippen molar-refractivity contribution in [3.05, 3.63) is 22.5 Å². The first-order valence-electron chi connectivity index (χ1n) is 6.54. The minimum atomic E-state index is -0.562. The maximum Gasteiger partial charge on any atom is 0.307 e. The molecule has 9 heteroatoms. The number of amides is 1. The zero-order chi connectivity index (χ0) is 15.6. The molecule has 116 valence electrons. The van der Waals surface area contributed by atoms with Crippen LogP contribution >= 0.6 is 0 Å². The minimum absolute atomic E-state index is 0.0813. The van der Waals surface area contributed by atoms with E-state index >= 15 is 0 Å². The summed E-state index contributed by atoms with van der Waals surface area (Å²) in [4.78, 5) is 23.9. The van der Waals surface area contributed by atoms with Gasteiger partial charge in [0, 0.05) is 13.1 Å². The number of hydrogen-bond acceptors (Lipinski definition) is 6. The molecule has 1 atom stereocenters. The quantitative estimate of drug-likeness (QED) is 0.608. The van der Waals surface area contributed by atoms with Crippen molar-refractivity contribution in [1.29, 1.82) is 0 Å². The van der Waals surface area contributed by atoms with Gasteiger partial charge in [0.1, 0.15) is 18.9 Å². The Bertz CT molecular complexity index is 542. The second-order valence-corrected chi connectivity index (χ2v) is 5.61. The fraction of sp³-hybridized carbons (Fsp3) is 0.667. The van der Waals surface area contributed by atoms with E-state index in [2.05, 4.69) is 5.10 Å². The normalized spacial score (nSPS) is 21.3. The third kappa shape index (κ3) is 3.76. The van der Waals surface area contributed by atoms with Crippen molar-refractivity contribution in [3.8, 4) is 0 Å². The number of carbonyl (C=O) groups is 1. The van der Waals surface area contributed by atoms with Gasteiger partial charge in [-0.25, -0.2) is 0 Å². The van der Waals surface area contributed by atoms with E-state index in [4.69, 9.17) is 4.74 Å². The average molecular weight is 298 g/mol. The molecule has 1 aromatic heterocycles. The van der Waals surface area contributed by atoms with Gasteiger partial charge in [0.2, 0.25) is 5.91 Å². The van der Waals surface area contributed by atoms with Gasteiger partial charge in [-0.3, -0.25) is 19.6 Å². The summed E-state index contributed by atoms with van der Waals surface area (Å²) in [7, 11) is 0. The van der Waals surface area contributed by atoms with Crippen molar-refractivity contribution in [2.45, 2.75) is 32.1 Å². The number of ether oxygens (including phenoxy) is 1. The molecule has 0 saturated carbocycles. The van der Waals surface area contributed by atoms with E-state index in [0.717, 1.165) is 6.20 Å². The summed E-state index contributed by atoms with van der Waals surface area (Å²) in [5.74, 6) is -0.220. The molecule has 1 aliphatic rings. The predicted molar refractivity (Wildman–Crippen MR) is 71.5 cm³/mol. The van der Waals surface area contributed by atoms with Crippen molar-refractivity contribution in [3.63, 3.8) is 0 Å². The third-order valence-electron chi connectivity index (χ3n) is 3.17. The molecular formula is C12H18N4O5. The van der Waals surface area contributed by atoms with Crippen LogP contribution in [0.3, 0.4) is 0 Å². The monoisotopic (exact) mass is 298 g/mol. The largest absolute Gasteiger partial charge is 0.394 e. The standard InChI is InChI=1S/C12H18N4O5/c1-12(2)8-14(5-10(7-17)21-12)11(18)6-15-4-9(3-13-15)16(19)20/h3-4,10,17H,5-8H2,1-2H3. The summed E-state index contributed by atoms with van der Waals surface area (Å²) in [5, 5.41) is 23.6. The first-order chi connectivity index (χ1) is 9.80. The smallest absolute Gasteiger partial charge is 0.307 e. The van der Waals surface area contributed by atoms with E-state index in [9.17, 15) is 20.0 Å². The zero-order valence-electron chi connectivity index (χ0n) is 11.9. The van der Waals surface area contributed by atoms with Crippen LogP contribution in [0.1, 0.15) is 13.8 Å². The van der Waals surface area contributed by atoms with Crippen LogP contribution < -0.4 is 0 Å². The minimum Gasteiger partial charge on any atom is -0.394 e. The van der Waals surface area contributed by atoms with Gasteiger partial charge in [-0.15, -0.1) is 0 Å². The number of morpholine rings is 1. The Kier molecular flexibility index (Phi) is 4.24. The van der Waals surface area contributed by atoms with E-state index in [1.807, 2.05) is 13.8 Å². The average Bonchev–Trinajstić information content (AvgIpc) is 2.85. The Balaban J connectivity index is 2.03. The lowest BCUT2D eigenvalue weighted by molar-refractivity contribution is -0.385. The molecule has 1 amide bonds. The fourth-order valence-corrected chi connectivity index (χ4v) is 2.35. The highest BCUT2D eigenvalue weighted by Crippen LogP contribution is 2.21. The highest BCUT2D eigenvalue weighted by atomic mass is 16.6. The van der Waals surface area contributed by atoms with E-state index in [-0.39, 0.29) is 24.7 Å². The topological polar surface area (TPSA) is 111 Å². The number of aromatic nitrogens is 2. The van der Waals surface area contributed by atoms with E-state index in [1.54, 1.807) is 4.90 Å². The Hall–Kier alpha value is -2.00. The van der Waals surface area contributed by atoms with Gasteiger partial charge in [0.15, 0.2) is 0 Å². The van der Waals surface area contributed by atoms with Crippen LogP contribution in [0.2, 0.25) is 0 Å². The maximum atomic E-state index is 12.3. The number of nitrogens with zero attached hydrogens (tertiary/aromatic N) is 4. The second-order valence-electron chi connectivity index (χ2n) is 5.61. The first kappa shape index (κ1) is 15.4. The van der Waals surface area contributed by atoms with Gasteiger partial charge in [-0.1, -0.05) is 0 Å². The molecule has 1 unspecified atom stereocenters. The first-order valence-corrected chi connectivity index (χ1v) is 6.54. The zero-order valence-corrected chi connectivity index (χ0v) is 11.9. The summed E-state index contributed by atoms with van der Waals surface area (Å²) in [6, 6.07) is 0. The highest BCUT2D eigenvalue weighted by Gasteiger charge is 2.35. The molecule has 1 aromatic rings. The molecular weight excluding hydrogens is 280 g/mol. The van der Waals surface area contributed by atoms with Crippen LogP contribution in [-0.4, -0.2) is 62.0 Å². The Morgan fingerprint density at radius 3 is 2.95 bits per heavy atom. The lowest BCUT2D eigenvalue weighted by Crippen LogP contribution is -2.56. The molecule has 9 nitrogen and oxygen atoms in total. The van der Waals surface area contributed by atoms with Crippen molar-refractivity contribution in [2.75, 3.05) is 19.7 Å². The lowest BCUT2D eigenvalue weighted by Gasteiger charge is -2.42. The van der Waals surface area contributed by atoms with Crippen LogP contribution in [0.25, 0.3) is 0 Å². The van der Waals surface area contributed by atoms with E-state index in [0.29, 0.717) is 13.1 Å². The third-order valence-corrected chi connectivity index (χ3v) is 3.17. The lowest BCUT2D eigenvalue weighted by atomic mass is 10.1. The molecule has 0 radical (unpaired) electrons. The van der Waals surface area contributed by atoms with E-state index < -0.39 is 16.6 Å². The van der Waals surface area contributed by atoms with Gasteiger partial charge in [-0.2, -0.15) is 5.10 Å². The van der Waals surface area contributed by atoms with Gasteiger partial charge < -0.3 is 14.7 Å². The van der Waals surface area contributed by atoms with Crippen molar-refractivity contribution in [1.82, 2.24) is 14.7 Å². The van der Waals surface area contributed by atoms with Crippen molar-refractivity contribution >= 4 is 11.6 Å². The van der Waals surface area contributed by atoms with Gasteiger partial charge >= 0.3 is 5.69 Å². The summed E-state index contributed by atoms with van der Waals surface area (Å²) < 4.78 is 6.87. The molecule has 0 spiro atoms. The molecule has 1 fully saturated rings. The van der Waals surface area contributed by atoms with Gasteiger partial charge in [0.05, 0.1) is 23.2 Å². The maximum absolute atomic E-state index is 12.3. The summed E-state index contributed by atoms with van der Waals surface area (Å²) >= 11 is 0. The summed E-state index contributed by atoms with van der Waals surface area (Å²) in [5.41, 5.74) is -0.699. The SMILES string of the molecule is CC1(C)CN(C(=O)Cn2cc([N+](=O)[O-])cn2)CC(CO)O1. The number of carbonyl (C=O) groups excluding carboxylic acids is 1. The number of rotatable bonds is 4. The molecule has 0 aliphatic carbocycles. The Morgan fingerprint density at radius 1 is 1.67 bits per heavy atom. The summed E-state index contributed by atoms with van der Waals surface area (Å²) in [6.45, 7) is 4.12. The number of aliphatic hydroxyl groups excluding tert-OH is 1. The molecule has 0 aromatic carbocycles. The van der Waals surface area contributed by atoms with Crippen LogP contribution in [0.5, 0.6) is 0 Å². The molecule has 2 heterocycles. The fourth-order valence-electron chi connectivity index (χ4n) is 2.35. The Morgan fingerprint density at radius 2 is 2.38 bits per heavy atom. The van der Waals surface area contributed by atoms with Crippen molar-refractivity contribution in [2.24, 2.45) is 0 Å². The van der Waals surface area contributed by atoms with Crippen LogP contribution in [0.15, 0.2) is 12.4 Å². The van der Waals surface area contributed by atoms with Crippen LogP contribution in [0.4, 0.5) is 5.69 Å². The highest BCUT2D eigenvalue weighted by molar-refractivity contribution is 5.76. The predicted octanol–water partition coefficient (Wildman–Crippen LogP) is -0.210. The van der Waals surface area contributed by atoms with Crippen LogP contribution in [-0.2, 0) is 16.1 Å². The van der Waals surface area contributed by atoms with E-state index in [1.165, 1.54) is 10.9 Å². The number of hydrogen-bond donors (Lipinski definition) is 1. The Labute approximate surface area is 121 Å². The molecule has 1 N–H and O–H groups in total. The second kappa shape index (κ2) is 5.78. The number of nitro groups is 1.